The van der Waals surface area contributed by atoms with Gasteiger partial charge in [0.15, 0.2) is 5.79 Å². The molecule has 4 rings (SSSR count). The maximum Gasteiger partial charge on any atom is 0.253 e. The molecular weight excluding hydrogens is 370 g/mol. The second-order valence-electron chi connectivity index (χ2n) is 6.62. The number of benzene rings is 1. The molecule has 0 radical (unpaired) electrons. The lowest BCUT2D eigenvalue weighted by Gasteiger charge is -2.30. The van der Waals surface area contributed by atoms with E-state index in [-0.39, 0.29) is 5.56 Å². The Hall–Kier alpha value is -1.43. The first-order chi connectivity index (χ1) is 11.5. The maximum absolute atomic E-state index is 12.3. The molecule has 24 heavy (non-hydrogen) atoms. The van der Waals surface area contributed by atoms with Gasteiger partial charge in [0, 0.05) is 35.3 Å². The number of ether oxygens (including phenoxy) is 2. The van der Waals surface area contributed by atoms with Crippen LogP contribution in [-0.2, 0) is 16.5 Å². The van der Waals surface area contributed by atoms with Gasteiger partial charge in [-0.3, -0.25) is 4.79 Å². The summed E-state index contributed by atoms with van der Waals surface area (Å²) in [6.07, 6.45) is 4.79. The molecule has 1 aromatic heterocycles. The number of halogens is 1. The minimum atomic E-state index is -0.401. The van der Waals surface area contributed by atoms with E-state index >= 15 is 0 Å². The van der Waals surface area contributed by atoms with Crippen molar-refractivity contribution in [1.29, 1.82) is 0 Å². The smallest absolute Gasteiger partial charge is 0.253 e. The lowest BCUT2D eigenvalue weighted by molar-refractivity contribution is -0.159. The Bertz CT molecular complexity index is 907. The number of rotatable bonds is 1. The average molecular weight is 390 g/mol. The number of hydrogen-bond acceptors (Lipinski definition) is 3. The molecule has 0 atom stereocenters. The van der Waals surface area contributed by atoms with E-state index in [0.717, 1.165) is 45.8 Å². The molecule has 0 unspecified atom stereocenters. The van der Waals surface area contributed by atoms with Gasteiger partial charge in [-0.15, -0.1) is 0 Å². The van der Waals surface area contributed by atoms with Crippen molar-refractivity contribution in [2.24, 2.45) is 7.05 Å². The molecule has 2 aromatic rings. The minimum Gasteiger partial charge on any atom is -0.347 e. The zero-order chi connectivity index (χ0) is 16.9. The van der Waals surface area contributed by atoms with Crippen molar-refractivity contribution in [3.8, 4) is 0 Å². The summed E-state index contributed by atoms with van der Waals surface area (Å²) in [7, 11) is 1.83. The van der Waals surface area contributed by atoms with Gasteiger partial charge in [0.1, 0.15) is 0 Å². The summed E-state index contributed by atoms with van der Waals surface area (Å²) < 4.78 is 14.3. The number of allylic oxidation sites excluding steroid dienone is 1. The third-order valence-corrected chi connectivity index (χ3v) is 5.75. The van der Waals surface area contributed by atoms with Gasteiger partial charge in [0.2, 0.25) is 0 Å². The number of nitrogens with zero attached hydrogens (tertiary/aromatic N) is 1. The number of aryl methyl sites for hydroxylation is 2. The maximum atomic E-state index is 12.3. The Morgan fingerprint density at radius 3 is 2.62 bits per heavy atom. The normalized spacial score (nSPS) is 19.9. The third-order valence-electron chi connectivity index (χ3n) is 5.09. The quantitative estimate of drug-likeness (QED) is 0.741. The second kappa shape index (κ2) is 5.83. The van der Waals surface area contributed by atoms with Crippen LogP contribution in [0.5, 0.6) is 0 Å². The lowest BCUT2D eigenvalue weighted by Crippen LogP contribution is -2.31. The van der Waals surface area contributed by atoms with Crippen LogP contribution < -0.4 is 5.56 Å². The van der Waals surface area contributed by atoms with Crippen LogP contribution in [0.4, 0.5) is 0 Å². The predicted octanol–water partition coefficient (Wildman–Crippen LogP) is 3.92. The summed E-state index contributed by atoms with van der Waals surface area (Å²) in [5.74, 6) is -0.401. The molecule has 126 valence electrons. The van der Waals surface area contributed by atoms with Crippen molar-refractivity contribution < 1.29 is 9.47 Å². The zero-order valence-corrected chi connectivity index (χ0v) is 15.5. The fraction of sp³-hybridized carbons (Fsp3) is 0.421. The van der Waals surface area contributed by atoms with E-state index in [1.165, 1.54) is 5.57 Å². The van der Waals surface area contributed by atoms with Crippen molar-refractivity contribution in [3.05, 3.63) is 50.2 Å². The van der Waals surface area contributed by atoms with Crippen molar-refractivity contribution in [2.75, 3.05) is 13.2 Å². The number of pyridine rings is 1. The van der Waals surface area contributed by atoms with Crippen LogP contribution in [0.3, 0.4) is 0 Å². The van der Waals surface area contributed by atoms with E-state index in [1.54, 1.807) is 4.57 Å². The van der Waals surface area contributed by atoms with Crippen LogP contribution in [-0.4, -0.2) is 23.6 Å². The van der Waals surface area contributed by atoms with Crippen LogP contribution in [0.2, 0.25) is 0 Å². The molecule has 1 aromatic carbocycles. The van der Waals surface area contributed by atoms with Crippen molar-refractivity contribution in [1.82, 2.24) is 4.57 Å². The highest BCUT2D eigenvalue weighted by molar-refractivity contribution is 9.10. The molecule has 2 heterocycles. The summed E-state index contributed by atoms with van der Waals surface area (Å²) in [4.78, 5) is 12.3. The summed E-state index contributed by atoms with van der Waals surface area (Å²) in [6.45, 7) is 3.23. The molecule has 1 aliphatic heterocycles. The van der Waals surface area contributed by atoms with Gasteiger partial charge < -0.3 is 14.0 Å². The number of fused-ring (bicyclic) bond motifs is 1. The largest absolute Gasteiger partial charge is 0.347 e. The molecule has 1 aliphatic carbocycles. The van der Waals surface area contributed by atoms with Gasteiger partial charge in [0.05, 0.1) is 18.7 Å². The molecule has 1 fully saturated rings. The van der Waals surface area contributed by atoms with Gasteiger partial charge in [-0.1, -0.05) is 22.0 Å². The highest BCUT2D eigenvalue weighted by Crippen LogP contribution is 2.39. The number of hydrogen-bond donors (Lipinski definition) is 0. The van der Waals surface area contributed by atoms with Crippen LogP contribution in [0.15, 0.2) is 33.5 Å². The first kappa shape index (κ1) is 16.1. The summed E-state index contributed by atoms with van der Waals surface area (Å²) >= 11 is 3.68. The Morgan fingerprint density at radius 2 is 1.96 bits per heavy atom. The van der Waals surface area contributed by atoms with E-state index in [0.29, 0.717) is 13.2 Å². The standard InChI is InChI=1S/C19H20BrNO3/c1-12-9-15-16(20)10-14(11-17(15)21(2)18(12)22)13-3-5-19(6-4-13)23-7-8-24-19/h3,9-11H,4-8H2,1-2H3. The minimum absolute atomic E-state index is 0.0517. The number of aromatic nitrogens is 1. The summed E-state index contributed by atoms with van der Waals surface area (Å²) in [5.41, 5.74) is 4.20. The van der Waals surface area contributed by atoms with E-state index < -0.39 is 5.79 Å². The molecular formula is C19H20BrNO3. The SMILES string of the molecule is Cc1cc2c(Br)cc(C3=CCC4(CC3)OCCO4)cc2n(C)c1=O. The van der Waals surface area contributed by atoms with Gasteiger partial charge in [-0.25, -0.2) is 0 Å². The molecule has 0 bridgehead atoms. The Kier molecular flexibility index (Phi) is 3.90. The van der Waals surface area contributed by atoms with Gasteiger partial charge in [-0.05, 0) is 42.7 Å². The van der Waals surface area contributed by atoms with Crippen LogP contribution in [0.25, 0.3) is 16.5 Å². The first-order valence-electron chi connectivity index (χ1n) is 8.26. The highest BCUT2D eigenvalue weighted by Gasteiger charge is 2.37. The van der Waals surface area contributed by atoms with E-state index in [2.05, 4.69) is 34.1 Å². The second-order valence-corrected chi connectivity index (χ2v) is 7.48. The predicted molar refractivity (Wildman–Crippen MR) is 98.1 cm³/mol. The monoisotopic (exact) mass is 389 g/mol. The van der Waals surface area contributed by atoms with Crippen molar-refractivity contribution in [3.63, 3.8) is 0 Å². The lowest BCUT2D eigenvalue weighted by atomic mass is 9.89. The van der Waals surface area contributed by atoms with E-state index in [1.807, 2.05) is 20.0 Å². The Morgan fingerprint density at radius 1 is 1.21 bits per heavy atom. The van der Waals surface area contributed by atoms with Gasteiger partial charge in [-0.2, -0.15) is 0 Å². The van der Waals surface area contributed by atoms with Gasteiger partial charge in [0.25, 0.3) is 5.56 Å². The molecule has 0 N–H and O–H groups in total. The zero-order valence-electron chi connectivity index (χ0n) is 13.9. The topological polar surface area (TPSA) is 40.5 Å². The molecule has 5 heteroatoms. The van der Waals surface area contributed by atoms with E-state index in [4.69, 9.17) is 9.47 Å². The third kappa shape index (κ3) is 2.55. The summed E-state index contributed by atoms with van der Waals surface area (Å²) in [5, 5.41) is 1.06. The van der Waals surface area contributed by atoms with Crippen LogP contribution in [0.1, 0.15) is 30.4 Å². The Labute approximate surface area is 149 Å². The first-order valence-corrected chi connectivity index (χ1v) is 9.06. The molecule has 0 saturated carbocycles. The molecule has 2 aliphatic rings. The Balaban J connectivity index is 1.78. The molecule has 1 saturated heterocycles. The van der Waals surface area contributed by atoms with E-state index in [9.17, 15) is 4.79 Å². The van der Waals surface area contributed by atoms with Crippen molar-refractivity contribution >= 4 is 32.4 Å². The van der Waals surface area contributed by atoms with Gasteiger partial charge >= 0.3 is 0 Å². The van der Waals surface area contributed by atoms with Crippen molar-refractivity contribution in [2.45, 2.75) is 32.0 Å². The molecule has 0 amide bonds. The fourth-order valence-electron chi connectivity index (χ4n) is 3.69. The molecule has 1 spiro atoms. The highest BCUT2D eigenvalue weighted by atomic mass is 79.9. The summed E-state index contributed by atoms with van der Waals surface area (Å²) in [6, 6.07) is 6.21. The fourth-order valence-corrected chi connectivity index (χ4v) is 4.25. The van der Waals surface area contributed by atoms with Crippen LogP contribution in [0, 0.1) is 6.92 Å². The van der Waals surface area contributed by atoms with Crippen LogP contribution >= 0.6 is 15.9 Å². The molecule has 4 nitrogen and oxygen atoms in total. The average Bonchev–Trinajstić information content (AvgIpc) is 3.02.